The number of carbonyl (C=O) groups is 2. The molecule has 1 fully saturated rings. The molecule has 1 saturated carbocycles. The van der Waals surface area contributed by atoms with E-state index in [1.807, 2.05) is 0 Å². The standard InChI is InChI=1S/C11H20N2O4S/c1-7(6-18(2)17)12-11(16)13-9-5-3-4-8(9)10(14)15/h7-9H,3-6H2,1-2H3,(H,14,15)(H2,12,13,16). The van der Waals surface area contributed by atoms with Gasteiger partial charge in [-0.3, -0.25) is 9.00 Å². The maximum Gasteiger partial charge on any atom is 0.315 e. The summed E-state index contributed by atoms with van der Waals surface area (Å²) in [4.78, 5) is 22.6. The zero-order chi connectivity index (χ0) is 13.7. The van der Waals surface area contributed by atoms with Crippen LogP contribution in [0.5, 0.6) is 0 Å². The van der Waals surface area contributed by atoms with Crippen LogP contribution in [0.2, 0.25) is 0 Å². The van der Waals surface area contributed by atoms with Crippen LogP contribution in [0, 0.1) is 5.92 Å². The Morgan fingerprint density at radius 3 is 2.67 bits per heavy atom. The van der Waals surface area contributed by atoms with Crippen LogP contribution in [0.15, 0.2) is 0 Å². The van der Waals surface area contributed by atoms with Crippen LogP contribution in [-0.2, 0) is 15.6 Å². The maximum absolute atomic E-state index is 11.6. The number of urea groups is 1. The summed E-state index contributed by atoms with van der Waals surface area (Å²) in [6.45, 7) is 1.77. The predicted octanol–water partition coefficient (Wildman–Crippen LogP) is 0.306. The summed E-state index contributed by atoms with van der Waals surface area (Å²) < 4.78 is 11.0. The monoisotopic (exact) mass is 276 g/mol. The number of rotatable bonds is 5. The third kappa shape index (κ3) is 4.64. The third-order valence-corrected chi connectivity index (χ3v) is 3.98. The summed E-state index contributed by atoms with van der Waals surface area (Å²) in [5, 5.41) is 14.3. The summed E-state index contributed by atoms with van der Waals surface area (Å²) >= 11 is 0. The second kappa shape index (κ2) is 6.72. The highest BCUT2D eigenvalue weighted by Crippen LogP contribution is 2.25. The van der Waals surface area contributed by atoms with Crippen molar-refractivity contribution in [3.63, 3.8) is 0 Å². The van der Waals surface area contributed by atoms with E-state index >= 15 is 0 Å². The molecule has 0 aromatic heterocycles. The Morgan fingerprint density at radius 2 is 2.11 bits per heavy atom. The number of nitrogens with one attached hydrogen (secondary N) is 2. The van der Waals surface area contributed by atoms with Crippen molar-refractivity contribution in [2.75, 3.05) is 12.0 Å². The molecule has 1 aliphatic carbocycles. The molecule has 4 unspecified atom stereocenters. The maximum atomic E-state index is 11.6. The zero-order valence-electron chi connectivity index (χ0n) is 10.6. The first-order valence-corrected chi connectivity index (χ1v) is 7.72. The number of hydrogen-bond donors (Lipinski definition) is 3. The Kier molecular flexibility index (Phi) is 5.58. The van der Waals surface area contributed by atoms with Gasteiger partial charge in [0.15, 0.2) is 0 Å². The molecule has 1 rings (SSSR count). The summed E-state index contributed by atoms with van der Waals surface area (Å²) in [5.74, 6) is -0.965. The minimum absolute atomic E-state index is 0.194. The summed E-state index contributed by atoms with van der Waals surface area (Å²) in [6.07, 6.45) is 3.69. The zero-order valence-corrected chi connectivity index (χ0v) is 11.5. The molecule has 0 bridgehead atoms. The van der Waals surface area contributed by atoms with Gasteiger partial charge < -0.3 is 15.7 Å². The number of amides is 2. The summed E-state index contributed by atoms with van der Waals surface area (Å²) in [7, 11) is -0.967. The number of carboxylic acids is 1. The Balaban J connectivity index is 2.40. The fourth-order valence-corrected chi connectivity index (χ4v) is 3.04. The third-order valence-electron chi connectivity index (χ3n) is 3.01. The van der Waals surface area contributed by atoms with Crippen LogP contribution in [0.4, 0.5) is 4.79 Å². The van der Waals surface area contributed by atoms with Gasteiger partial charge in [-0.1, -0.05) is 6.42 Å². The Morgan fingerprint density at radius 1 is 1.44 bits per heavy atom. The molecule has 6 nitrogen and oxygen atoms in total. The van der Waals surface area contributed by atoms with E-state index in [4.69, 9.17) is 5.11 Å². The molecule has 18 heavy (non-hydrogen) atoms. The van der Waals surface area contributed by atoms with Crippen LogP contribution in [-0.4, -0.2) is 45.4 Å². The van der Waals surface area contributed by atoms with E-state index in [9.17, 15) is 13.8 Å². The van der Waals surface area contributed by atoms with Crippen molar-refractivity contribution in [1.82, 2.24) is 10.6 Å². The van der Waals surface area contributed by atoms with Gasteiger partial charge >= 0.3 is 12.0 Å². The van der Waals surface area contributed by atoms with E-state index in [2.05, 4.69) is 10.6 Å². The van der Waals surface area contributed by atoms with Crippen molar-refractivity contribution in [3.8, 4) is 0 Å². The highest BCUT2D eigenvalue weighted by molar-refractivity contribution is 7.84. The van der Waals surface area contributed by atoms with Crippen molar-refractivity contribution in [2.45, 2.75) is 38.3 Å². The van der Waals surface area contributed by atoms with Crippen molar-refractivity contribution in [2.24, 2.45) is 5.92 Å². The van der Waals surface area contributed by atoms with Crippen LogP contribution in [0.25, 0.3) is 0 Å². The fraction of sp³-hybridized carbons (Fsp3) is 0.818. The quantitative estimate of drug-likeness (QED) is 0.673. The van der Waals surface area contributed by atoms with Crippen LogP contribution < -0.4 is 10.6 Å². The highest BCUT2D eigenvalue weighted by atomic mass is 32.2. The predicted molar refractivity (Wildman–Crippen MR) is 68.8 cm³/mol. The fourth-order valence-electron chi connectivity index (χ4n) is 2.26. The number of carboxylic acid groups (broad SMARTS) is 1. The van der Waals surface area contributed by atoms with Gasteiger partial charge in [0.05, 0.1) is 5.92 Å². The first-order chi connectivity index (χ1) is 8.40. The molecule has 1 aliphatic rings. The van der Waals surface area contributed by atoms with E-state index in [1.54, 1.807) is 13.2 Å². The molecule has 0 aliphatic heterocycles. The van der Waals surface area contributed by atoms with Gasteiger partial charge in [0.1, 0.15) is 0 Å². The molecule has 0 aromatic rings. The molecule has 104 valence electrons. The van der Waals surface area contributed by atoms with E-state index < -0.39 is 22.7 Å². The molecule has 0 aromatic carbocycles. The smallest absolute Gasteiger partial charge is 0.315 e. The van der Waals surface area contributed by atoms with Crippen molar-refractivity contribution >= 4 is 22.8 Å². The van der Waals surface area contributed by atoms with Crippen LogP contribution >= 0.6 is 0 Å². The lowest BCUT2D eigenvalue weighted by Crippen LogP contribution is -2.48. The molecule has 0 saturated heterocycles. The lowest BCUT2D eigenvalue weighted by atomic mass is 10.0. The van der Waals surface area contributed by atoms with Gasteiger partial charge in [0.2, 0.25) is 0 Å². The van der Waals surface area contributed by atoms with E-state index in [1.165, 1.54) is 0 Å². The first kappa shape index (κ1) is 14.9. The van der Waals surface area contributed by atoms with Crippen LogP contribution in [0.1, 0.15) is 26.2 Å². The lowest BCUT2D eigenvalue weighted by molar-refractivity contribution is -0.142. The second-order valence-corrected chi connectivity index (χ2v) is 6.22. The SMILES string of the molecule is CC(CS(C)=O)NC(=O)NC1CCCC1C(=O)O. The summed E-state index contributed by atoms with van der Waals surface area (Å²) in [5.41, 5.74) is 0. The number of hydrogen-bond acceptors (Lipinski definition) is 3. The molecule has 0 heterocycles. The van der Waals surface area contributed by atoms with Gasteiger partial charge in [-0.05, 0) is 19.8 Å². The topological polar surface area (TPSA) is 95.5 Å². The number of aliphatic carboxylic acids is 1. The van der Waals surface area contributed by atoms with E-state index in [-0.39, 0.29) is 18.1 Å². The highest BCUT2D eigenvalue weighted by Gasteiger charge is 2.33. The minimum atomic E-state index is -0.967. The largest absolute Gasteiger partial charge is 0.481 e. The molecule has 0 radical (unpaired) electrons. The first-order valence-electron chi connectivity index (χ1n) is 6.00. The second-order valence-electron chi connectivity index (χ2n) is 4.74. The van der Waals surface area contributed by atoms with Gasteiger partial charge in [-0.15, -0.1) is 0 Å². The molecule has 7 heteroatoms. The van der Waals surface area contributed by atoms with Crippen molar-refractivity contribution in [1.29, 1.82) is 0 Å². The molecule has 2 amide bonds. The molecule has 0 spiro atoms. The Labute approximate surface area is 109 Å². The van der Waals surface area contributed by atoms with Gasteiger partial charge in [0.25, 0.3) is 0 Å². The Hall–Kier alpha value is -1.11. The molecule has 3 N–H and O–H groups in total. The minimum Gasteiger partial charge on any atom is -0.481 e. The number of carbonyl (C=O) groups excluding carboxylic acids is 1. The van der Waals surface area contributed by atoms with E-state index in [0.717, 1.165) is 6.42 Å². The molecular formula is C11H20N2O4S. The van der Waals surface area contributed by atoms with Gasteiger partial charge in [-0.25, -0.2) is 4.79 Å². The average Bonchev–Trinajstić information content (AvgIpc) is 2.63. The van der Waals surface area contributed by atoms with Crippen molar-refractivity contribution in [3.05, 3.63) is 0 Å². The normalized spacial score (nSPS) is 26.3. The Bertz CT molecular complexity index is 348. The van der Waals surface area contributed by atoms with Crippen molar-refractivity contribution < 1.29 is 18.9 Å². The van der Waals surface area contributed by atoms with Gasteiger partial charge in [0, 0.05) is 34.9 Å². The molecule has 4 atom stereocenters. The van der Waals surface area contributed by atoms with Gasteiger partial charge in [-0.2, -0.15) is 0 Å². The van der Waals surface area contributed by atoms with E-state index in [0.29, 0.717) is 18.6 Å². The molecular weight excluding hydrogens is 256 g/mol. The lowest BCUT2D eigenvalue weighted by Gasteiger charge is -2.20. The average molecular weight is 276 g/mol. The van der Waals surface area contributed by atoms with Crippen LogP contribution in [0.3, 0.4) is 0 Å². The summed E-state index contributed by atoms with van der Waals surface area (Å²) in [6, 6.07) is -0.881.